The van der Waals surface area contributed by atoms with Crippen molar-refractivity contribution in [3.05, 3.63) is 83.9 Å². The van der Waals surface area contributed by atoms with Gasteiger partial charge in [-0.2, -0.15) is 9.79 Å². The Hall–Kier alpha value is -1.88. The molecule has 3 rings (SSSR count). The average molecular weight is 506 g/mol. The maximum absolute atomic E-state index is 9.84. The molecule has 0 aliphatic carbocycles. The van der Waals surface area contributed by atoms with Gasteiger partial charge < -0.3 is 14.9 Å². The van der Waals surface area contributed by atoms with E-state index < -0.39 is 16.5 Å². The Bertz CT molecular complexity index is 1050. The van der Waals surface area contributed by atoms with Crippen molar-refractivity contribution in [2.45, 2.75) is 52.4 Å². The molecular formula is C26H35O6P2+. The van der Waals surface area contributed by atoms with Gasteiger partial charge in [-0.25, -0.2) is 0 Å². The van der Waals surface area contributed by atoms with Crippen molar-refractivity contribution in [2.24, 2.45) is 0 Å². The third-order valence-electron chi connectivity index (χ3n) is 5.17. The van der Waals surface area contributed by atoms with Gasteiger partial charge >= 0.3 is 16.5 Å². The van der Waals surface area contributed by atoms with E-state index in [1.807, 2.05) is 36.4 Å². The smallest absolute Gasteiger partial charge is 0.451 e. The van der Waals surface area contributed by atoms with Crippen LogP contribution in [0.25, 0.3) is 11.1 Å². The van der Waals surface area contributed by atoms with Crippen LogP contribution in [-0.4, -0.2) is 24.7 Å². The Morgan fingerprint density at radius 2 is 1.24 bits per heavy atom. The lowest BCUT2D eigenvalue weighted by atomic mass is 9.80. The molecule has 0 atom stereocenters. The van der Waals surface area contributed by atoms with Crippen molar-refractivity contribution < 1.29 is 29.0 Å². The van der Waals surface area contributed by atoms with Gasteiger partial charge in [-0.3, -0.25) is 0 Å². The second-order valence-electron chi connectivity index (χ2n) is 10.0. The number of hydrogen-bond acceptors (Lipinski definition) is 6. The Balaban J connectivity index is 0.000000248. The molecule has 0 fully saturated rings. The van der Waals surface area contributed by atoms with E-state index >= 15 is 0 Å². The first-order chi connectivity index (χ1) is 15.6. The lowest BCUT2D eigenvalue weighted by molar-refractivity contribution is 0.311. The second-order valence-corrected chi connectivity index (χ2v) is 12.8. The van der Waals surface area contributed by atoms with Crippen LogP contribution in [0.5, 0.6) is 5.75 Å². The minimum atomic E-state index is -3.93. The standard InChI is InChI=1S/C14H22O.C12H13O5P2/c1-13(2,3)10-7-8-12(15)11(9-10)14(4,5)6;13-18(14)17-19(15,16)12-8-6-11(7-9-12)10-4-2-1-3-5-10/h7-9,15H,1-6H3;1-9,13-16H/q;+1. The molecule has 6 nitrogen and oxygen atoms in total. The molecule has 0 aliphatic rings. The number of hydrogen-bond donors (Lipinski definition) is 5. The zero-order valence-electron chi connectivity index (χ0n) is 20.5. The van der Waals surface area contributed by atoms with Gasteiger partial charge in [0, 0.05) is 0 Å². The minimum absolute atomic E-state index is 0.00859. The molecule has 0 radical (unpaired) electrons. The normalized spacial score (nSPS) is 12.3. The SMILES string of the molecule is CC(C)(C)c1ccc(O)c(C(C)(C)C)c1.OP(O)O[P+](O)(O)c1ccc(-c2ccccc2)cc1. The summed E-state index contributed by atoms with van der Waals surface area (Å²) in [5, 5.41) is 9.96. The fourth-order valence-corrected chi connectivity index (χ4v) is 4.96. The molecule has 184 valence electrons. The Kier molecular flexibility index (Phi) is 9.37. The van der Waals surface area contributed by atoms with Crippen LogP contribution in [0.3, 0.4) is 0 Å². The Morgan fingerprint density at radius 1 is 0.706 bits per heavy atom. The lowest BCUT2D eigenvalue weighted by Crippen LogP contribution is -2.16. The molecule has 0 saturated carbocycles. The summed E-state index contributed by atoms with van der Waals surface area (Å²) < 4.78 is 4.37. The van der Waals surface area contributed by atoms with Crippen LogP contribution >= 0.6 is 16.5 Å². The molecule has 5 N–H and O–H groups in total. The van der Waals surface area contributed by atoms with Crippen molar-refractivity contribution >= 4 is 21.9 Å². The first-order valence-corrected chi connectivity index (χ1v) is 13.6. The van der Waals surface area contributed by atoms with E-state index in [2.05, 4.69) is 51.9 Å². The van der Waals surface area contributed by atoms with E-state index in [0.29, 0.717) is 5.75 Å². The molecule has 0 aromatic heterocycles. The van der Waals surface area contributed by atoms with Gasteiger partial charge in [0.15, 0.2) is 5.30 Å². The van der Waals surface area contributed by atoms with Crippen LogP contribution in [-0.2, 0) is 15.1 Å². The maximum atomic E-state index is 9.84. The molecular weight excluding hydrogens is 470 g/mol. The van der Waals surface area contributed by atoms with Crippen LogP contribution in [0.2, 0.25) is 0 Å². The highest BCUT2D eigenvalue weighted by Gasteiger charge is 2.43. The summed E-state index contributed by atoms with van der Waals surface area (Å²) >= 11 is 0. The van der Waals surface area contributed by atoms with Gasteiger partial charge in [-0.1, -0.05) is 100 Å². The van der Waals surface area contributed by atoms with E-state index in [4.69, 9.17) is 9.79 Å². The van der Waals surface area contributed by atoms with E-state index in [1.165, 1.54) is 17.7 Å². The van der Waals surface area contributed by atoms with Crippen molar-refractivity contribution in [1.29, 1.82) is 0 Å². The van der Waals surface area contributed by atoms with Crippen LogP contribution in [0, 0.1) is 0 Å². The molecule has 8 heteroatoms. The fourth-order valence-electron chi connectivity index (χ4n) is 3.23. The molecule has 0 heterocycles. The van der Waals surface area contributed by atoms with Crippen LogP contribution in [0.15, 0.2) is 72.8 Å². The quantitative estimate of drug-likeness (QED) is 0.281. The molecule has 0 amide bonds. The van der Waals surface area contributed by atoms with Crippen molar-refractivity contribution in [2.75, 3.05) is 0 Å². The van der Waals surface area contributed by atoms with Gasteiger partial charge in [0.25, 0.3) is 0 Å². The van der Waals surface area contributed by atoms with E-state index in [1.54, 1.807) is 18.2 Å². The predicted molar refractivity (Wildman–Crippen MR) is 141 cm³/mol. The average Bonchev–Trinajstić information content (AvgIpc) is 2.73. The lowest BCUT2D eigenvalue weighted by Gasteiger charge is -2.25. The molecule has 0 bridgehead atoms. The monoisotopic (exact) mass is 505 g/mol. The summed E-state index contributed by atoms with van der Waals surface area (Å²) in [4.78, 5) is 36.7. The number of rotatable bonds is 4. The highest BCUT2D eigenvalue weighted by Crippen LogP contribution is 2.58. The fraction of sp³-hybridized carbons (Fsp3) is 0.308. The summed E-state index contributed by atoms with van der Waals surface area (Å²) in [6.07, 6.45) is 0. The van der Waals surface area contributed by atoms with Crippen molar-refractivity contribution in [1.82, 2.24) is 0 Å². The van der Waals surface area contributed by atoms with Crippen LogP contribution in [0.1, 0.15) is 52.7 Å². The summed E-state index contributed by atoms with van der Waals surface area (Å²) in [5.74, 6) is 0.399. The molecule has 0 spiro atoms. The first kappa shape index (κ1) is 28.4. The van der Waals surface area contributed by atoms with Crippen LogP contribution in [0.4, 0.5) is 0 Å². The van der Waals surface area contributed by atoms with Crippen molar-refractivity contribution in [3.63, 3.8) is 0 Å². The van der Waals surface area contributed by atoms with Crippen molar-refractivity contribution in [3.8, 4) is 16.9 Å². The number of phenolic OH excluding ortho intramolecular Hbond substituents is 1. The topological polar surface area (TPSA) is 110 Å². The first-order valence-electron chi connectivity index (χ1n) is 10.8. The summed E-state index contributed by atoms with van der Waals surface area (Å²) in [5.41, 5.74) is 4.33. The van der Waals surface area contributed by atoms with Crippen LogP contribution < -0.4 is 5.30 Å². The summed E-state index contributed by atoms with van der Waals surface area (Å²) in [7, 11) is -6.75. The molecule has 3 aromatic rings. The molecule has 3 aromatic carbocycles. The van der Waals surface area contributed by atoms with Gasteiger partial charge in [0.05, 0.1) is 0 Å². The van der Waals surface area contributed by atoms with Gasteiger partial charge in [0.2, 0.25) is 0 Å². The highest BCUT2D eigenvalue weighted by molar-refractivity contribution is 7.72. The number of aromatic hydroxyl groups is 1. The third-order valence-corrected chi connectivity index (χ3v) is 7.63. The number of benzene rings is 3. The zero-order chi connectivity index (χ0) is 25.7. The summed E-state index contributed by atoms with van der Waals surface area (Å²) in [6.45, 7) is 12.9. The van der Waals surface area contributed by atoms with E-state index in [9.17, 15) is 14.9 Å². The van der Waals surface area contributed by atoms with Gasteiger partial charge in [-0.15, -0.1) is 0 Å². The van der Waals surface area contributed by atoms with Gasteiger partial charge in [-0.05, 0) is 51.3 Å². The largest absolute Gasteiger partial charge is 0.508 e. The van der Waals surface area contributed by atoms with E-state index in [-0.39, 0.29) is 16.1 Å². The third kappa shape index (κ3) is 8.11. The van der Waals surface area contributed by atoms with E-state index in [0.717, 1.165) is 16.7 Å². The molecule has 0 aliphatic heterocycles. The highest BCUT2D eigenvalue weighted by atomic mass is 31.3. The molecule has 0 unspecified atom stereocenters. The predicted octanol–water partition coefficient (Wildman–Crippen LogP) is 5.94. The molecule has 0 saturated heterocycles. The van der Waals surface area contributed by atoms with Gasteiger partial charge in [0.1, 0.15) is 5.75 Å². The minimum Gasteiger partial charge on any atom is -0.508 e. The zero-order valence-corrected chi connectivity index (χ0v) is 22.3. The Labute approximate surface area is 204 Å². The number of phenols is 1. The second kappa shape index (κ2) is 11.2. The summed E-state index contributed by atoms with van der Waals surface area (Å²) in [6, 6.07) is 22.0. The Morgan fingerprint density at radius 3 is 1.71 bits per heavy atom. The molecule has 34 heavy (non-hydrogen) atoms. The maximum Gasteiger partial charge on any atom is 0.451 e.